The molecule has 0 aliphatic heterocycles. The molecule has 144 valence electrons. The second-order valence-corrected chi connectivity index (χ2v) is 7.19. The van der Waals surface area contributed by atoms with Gasteiger partial charge < -0.3 is 25.6 Å². The van der Waals surface area contributed by atoms with Gasteiger partial charge in [0.05, 0.1) is 15.7 Å². The first kappa shape index (κ1) is 19.2. The van der Waals surface area contributed by atoms with E-state index < -0.39 is 5.82 Å². The molecule has 1 aliphatic carbocycles. The molecular weight excluding hydrogens is 419 g/mol. The number of hydrogen-bond donors (Lipinski definition) is 4. The van der Waals surface area contributed by atoms with Gasteiger partial charge in [-0.1, -0.05) is 24.4 Å². The molecule has 1 heterocycles. The summed E-state index contributed by atoms with van der Waals surface area (Å²) >= 11 is 3.10. The standard InChI is InChI=1S/C18H20BrFN4O3/c19-14-8-12(6-7-15(14)20)21-17(24-26)13-9-27-10-16(13)23-18(25)22-11-4-2-1-3-5-11/h6-11,26H,1-5H2,(H,21,24)(H2,22,23,25). The summed E-state index contributed by atoms with van der Waals surface area (Å²) in [5.41, 5.74) is 1.21. The van der Waals surface area contributed by atoms with Gasteiger partial charge in [0.15, 0.2) is 5.84 Å². The molecule has 3 rings (SSSR count). The number of amides is 2. The van der Waals surface area contributed by atoms with E-state index in [0.29, 0.717) is 16.9 Å². The second-order valence-electron chi connectivity index (χ2n) is 6.34. The Labute approximate surface area is 164 Å². The van der Waals surface area contributed by atoms with Crippen molar-refractivity contribution in [2.24, 2.45) is 5.16 Å². The van der Waals surface area contributed by atoms with Gasteiger partial charge in [0.25, 0.3) is 0 Å². The zero-order chi connectivity index (χ0) is 19.2. The predicted molar refractivity (Wildman–Crippen MR) is 104 cm³/mol. The van der Waals surface area contributed by atoms with Gasteiger partial charge in [-0.3, -0.25) is 0 Å². The van der Waals surface area contributed by atoms with Gasteiger partial charge in [0.1, 0.15) is 18.3 Å². The van der Waals surface area contributed by atoms with Crippen LogP contribution in [0.3, 0.4) is 0 Å². The Hall–Kier alpha value is -2.55. The first-order valence-corrected chi connectivity index (χ1v) is 9.44. The van der Waals surface area contributed by atoms with Gasteiger partial charge in [-0.2, -0.15) is 0 Å². The maximum Gasteiger partial charge on any atom is 0.319 e. The maximum absolute atomic E-state index is 13.4. The lowest BCUT2D eigenvalue weighted by atomic mass is 9.96. The number of amidine groups is 1. The number of furan rings is 1. The molecule has 0 radical (unpaired) electrons. The molecule has 0 unspecified atom stereocenters. The molecule has 4 N–H and O–H groups in total. The number of nitrogens with zero attached hydrogens (tertiary/aromatic N) is 1. The normalized spacial score (nSPS) is 15.4. The molecule has 2 amide bonds. The molecule has 0 saturated heterocycles. The fourth-order valence-electron chi connectivity index (χ4n) is 3.02. The molecule has 7 nitrogen and oxygen atoms in total. The Bertz CT molecular complexity index is 834. The van der Waals surface area contributed by atoms with Crippen molar-refractivity contribution in [1.82, 2.24) is 5.32 Å². The third-order valence-electron chi connectivity index (χ3n) is 4.39. The number of benzene rings is 1. The molecule has 1 saturated carbocycles. The maximum atomic E-state index is 13.4. The molecule has 0 atom stereocenters. The zero-order valence-corrected chi connectivity index (χ0v) is 16.1. The van der Waals surface area contributed by atoms with Crippen LogP contribution in [0.1, 0.15) is 37.7 Å². The topological polar surface area (TPSA) is 98.9 Å². The SMILES string of the molecule is O=C(Nc1cocc1/C(=N/O)Nc1ccc(F)c(Br)c1)NC1CCCCC1. The van der Waals surface area contributed by atoms with E-state index in [-0.39, 0.29) is 22.4 Å². The van der Waals surface area contributed by atoms with E-state index in [1.54, 1.807) is 0 Å². The van der Waals surface area contributed by atoms with Crippen molar-refractivity contribution in [2.75, 3.05) is 10.6 Å². The molecule has 0 bridgehead atoms. The van der Waals surface area contributed by atoms with Crippen molar-refractivity contribution in [3.8, 4) is 0 Å². The highest BCUT2D eigenvalue weighted by Crippen LogP contribution is 2.23. The quantitative estimate of drug-likeness (QED) is 0.236. The number of rotatable bonds is 4. The van der Waals surface area contributed by atoms with Crippen molar-refractivity contribution in [3.63, 3.8) is 0 Å². The molecule has 1 aromatic heterocycles. The van der Waals surface area contributed by atoms with E-state index in [2.05, 4.69) is 37.0 Å². The summed E-state index contributed by atoms with van der Waals surface area (Å²) in [6.45, 7) is 0. The summed E-state index contributed by atoms with van der Waals surface area (Å²) in [6, 6.07) is 4.09. The van der Waals surface area contributed by atoms with Crippen LogP contribution in [0.25, 0.3) is 0 Å². The largest absolute Gasteiger partial charge is 0.470 e. The van der Waals surface area contributed by atoms with E-state index in [9.17, 15) is 14.4 Å². The van der Waals surface area contributed by atoms with Gasteiger partial charge in [-0.25, -0.2) is 9.18 Å². The van der Waals surface area contributed by atoms with Gasteiger partial charge in [0, 0.05) is 11.7 Å². The number of carbonyl (C=O) groups is 1. The minimum Gasteiger partial charge on any atom is -0.470 e. The summed E-state index contributed by atoms with van der Waals surface area (Å²) in [5, 5.41) is 21.1. The zero-order valence-electron chi connectivity index (χ0n) is 14.5. The third-order valence-corrected chi connectivity index (χ3v) is 5.00. The first-order valence-electron chi connectivity index (χ1n) is 8.65. The van der Waals surface area contributed by atoms with Crippen LogP contribution in [0.15, 0.2) is 44.8 Å². The highest BCUT2D eigenvalue weighted by molar-refractivity contribution is 9.10. The summed E-state index contributed by atoms with van der Waals surface area (Å²) in [4.78, 5) is 12.2. The number of anilines is 2. The summed E-state index contributed by atoms with van der Waals surface area (Å²) < 4.78 is 18.8. The number of halogens is 2. The molecular formula is C18H20BrFN4O3. The average molecular weight is 439 g/mol. The summed E-state index contributed by atoms with van der Waals surface area (Å²) in [7, 11) is 0. The number of hydrogen-bond acceptors (Lipinski definition) is 4. The molecule has 0 spiro atoms. The van der Waals surface area contributed by atoms with Crippen LogP contribution in [-0.4, -0.2) is 23.1 Å². The second kappa shape index (κ2) is 8.90. The fraction of sp³-hybridized carbons (Fsp3) is 0.333. The molecule has 2 aromatic rings. The minimum absolute atomic E-state index is 0.0511. The smallest absolute Gasteiger partial charge is 0.319 e. The van der Waals surface area contributed by atoms with Gasteiger partial charge >= 0.3 is 6.03 Å². The lowest BCUT2D eigenvalue weighted by molar-refractivity contribution is 0.244. The lowest BCUT2D eigenvalue weighted by Gasteiger charge is -2.22. The Morgan fingerprint density at radius 1 is 1.22 bits per heavy atom. The molecule has 9 heteroatoms. The number of urea groups is 1. The molecule has 1 aliphatic rings. The van der Waals surface area contributed by atoms with Crippen molar-refractivity contribution in [3.05, 3.63) is 46.6 Å². The van der Waals surface area contributed by atoms with Crippen molar-refractivity contribution in [1.29, 1.82) is 0 Å². The number of nitrogens with one attached hydrogen (secondary N) is 3. The third kappa shape index (κ3) is 5.00. The van der Waals surface area contributed by atoms with Crippen molar-refractivity contribution in [2.45, 2.75) is 38.1 Å². The van der Waals surface area contributed by atoms with Crippen LogP contribution in [0.5, 0.6) is 0 Å². The highest BCUT2D eigenvalue weighted by atomic mass is 79.9. The van der Waals surface area contributed by atoms with E-state index >= 15 is 0 Å². The van der Waals surface area contributed by atoms with Gasteiger partial charge in [-0.15, -0.1) is 0 Å². The summed E-state index contributed by atoms with van der Waals surface area (Å²) in [5.74, 6) is -0.358. The Morgan fingerprint density at radius 3 is 2.70 bits per heavy atom. The van der Waals surface area contributed by atoms with Crippen LogP contribution in [0.2, 0.25) is 0 Å². The lowest BCUT2D eigenvalue weighted by Crippen LogP contribution is -2.39. The van der Waals surface area contributed by atoms with Crippen LogP contribution < -0.4 is 16.0 Å². The Balaban J connectivity index is 1.68. The Morgan fingerprint density at radius 2 is 2.00 bits per heavy atom. The number of oxime groups is 1. The van der Waals surface area contributed by atoms with Crippen LogP contribution in [0, 0.1) is 5.82 Å². The predicted octanol–water partition coefficient (Wildman–Crippen LogP) is 4.88. The fourth-order valence-corrected chi connectivity index (χ4v) is 3.40. The Kier molecular flexibility index (Phi) is 6.33. The van der Waals surface area contributed by atoms with Gasteiger partial charge in [0.2, 0.25) is 0 Å². The van der Waals surface area contributed by atoms with Crippen molar-refractivity contribution < 1.29 is 18.8 Å². The number of carbonyl (C=O) groups excluding carboxylic acids is 1. The molecule has 27 heavy (non-hydrogen) atoms. The van der Waals surface area contributed by atoms with Gasteiger partial charge in [-0.05, 0) is 47.0 Å². The van der Waals surface area contributed by atoms with Crippen LogP contribution in [0.4, 0.5) is 20.6 Å². The van der Waals surface area contributed by atoms with Crippen LogP contribution in [-0.2, 0) is 0 Å². The minimum atomic E-state index is -0.409. The molecule has 1 fully saturated rings. The van der Waals surface area contributed by atoms with Crippen molar-refractivity contribution >= 4 is 39.2 Å². The monoisotopic (exact) mass is 438 g/mol. The van der Waals surface area contributed by atoms with E-state index in [1.165, 1.54) is 37.1 Å². The first-order chi connectivity index (χ1) is 13.1. The molecule has 1 aromatic carbocycles. The van der Waals surface area contributed by atoms with E-state index in [1.807, 2.05) is 0 Å². The van der Waals surface area contributed by atoms with E-state index in [4.69, 9.17) is 4.42 Å². The average Bonchev–Trinajstić information content (AvgIpc) is 3.11. The highest BCUT2D eigenvalue weighted by Gasteiger charge is 2.19. The van der Waals surface area contributed by atoms with Crippen LogP contribution >= 0.6 is 15.9 Å². The van der Waals surface area contributed by atoms with E-state index in [0.717, 1.165) is 25.7 Å². The summed E-state index contributed by atoms with van der Waals surface area (Å²) in [6.07, 6.45) is 8.06.